The number of halogens is 1. The lowest BCUT2D eigenvalue weighted by Crippen LogP contribution is -2.42. The fourth-order valence-corrected chi connectivity index (χ4v) is 2.94. The first-order valence-electron chi connectivity index (χ1n) is 8.92. The molecule has 2 atom stereocenters. The van der Waals surface area contributed by atoms with E-state index in [0.29, 0.717) is 18.7 Å². The van der Waals surface area contributed by atoms with E-state index in [1.807, 2.05) is 13.8 Å². The summed E-state index contributed by atoms with van der Waals surface area (Å²) in [6.45, 7) is 5.26. The Morgan fingerprint density at radius 3 is 2.92 bits per heavy atom. The van der Waals surface area contributed by atoms with E-state index in [2.05, 4.69) is 23.5 Å². The third-order valence-corrected chi connectivity index (χ3v) is 4.18. The van der Waals surface area contributed by atoms with Crippen molar-refractivity contribution in [3.8, 4) is 5.75 Å². The molecule has 0 saturated carbocycles. The summed E-state index contributed by atoms with van der Waals surface area (Å²) in [5, 5.41) is 13.6. The highest BCUT2D eigenvalue weighted by Crippen LogP contribution is 2.29. The zero-order chi connectivity index (χ0) is 17.4. The molecule has 1 aromatic carbocycles. The maximum Gasteiger partial charge on any atom is 0.126 e. The molecule has 1 aromatic rings. The normalized spacial score (nSPS) is 20.2. The van der Waals surface area contributed by atoms with Crippen LogP contribution >= 0.6 is 0 Å². The minimum absolute atomic E-state index is 0.235. The average Bonchev–Trinajstić information content (AvgIpc) is 2.63. The molecular formula is C20H28FNO2. The van der Waals surface area contributed by atoms with Crippen molar-refractivity contribution >= 4 is 0 Å². The molecule has 132 valence electrons. The minimum atomic E-state index is -0.564. The monoisotopic (exact) mass is 333 g/mol. The number of ether oxygens (including phenoxy) is 1. The van der Waals surface area contributed by atoms with Crippen molar-refractivity contribution in [3.05, 3.63) is 53.4 Å². The van der Waals surface area contributed by atoms with E-state index < -0.39 is 6.10 Å². The van der Waals surface area contributed by atoms with E-state index in [1.165, 1.54) is 17.7 Å². The fraction of sp³-hybridized carbons (Fsp3) is 0.500. The molecule has 24 heavy (non-hydrogen) atoms. The molecule has 0 spiro atoms. The second-order valence-electron chi connectivity index (χ2n) is 5.90. The highest BCUT2D eigenvalue weighted by Gasteiger charge is 2.26. The van der Waals surface area contributed by atoms with Gasteiger partial charge < -0.3 is 15.2 Å². The highest BCUT2D eigenvalue weighted by molar-refractivity contribution is 5.36. The number of aryl methyl sites for hydroxylation is 1. The van der Waals surface area contributed by atoms with Crippen molar-refractivity contribution in [1.29, 1.82) is 0 Å². The Labute approximate surface area is 144 Å². The number of aliphatic hydroxyl groups is 1. The van der Waals surface area contributed by atoms with E-state index in [1.54, 1.807) is 6.07 Å². The quantitative estimate of drug-likeness (QED) is 0.862. The first-order valence-corrected chi connectivity index (χ1v) is 8.92. The van der Waals surface area contributed by atoms with Crippen LogP contribution in [0.5, 0.6) is 5.75 Å². The lowest BCUT2D eigenvalue weighted by molar-refractivity contribution is 0.0249. The summed E-state index contributed by atoms with van der Waals surface area (Å²) in [5.74, 6) is 0.450. The summed E-state index contributed by atoms with van der Waals surface area (Å²) in [7, 11) is 0. The molecule has 4 heteroatoms. The lowest BCUT2D eigenvalue weighted by Gasteiger charge is -2.29. The first kappa shape index (κ1) is 18.7. The molecule has 0 saturated heterocycles. The highest BCUT2D eigenvalue weighted by atomic mass is 19.1. The van der Waals surface area contributed by atoms with Gasteiger partial charge in [0.15, 0.2) is 0 Å². The molecule has 2 aliphatic rings. The van der Waals surface area contributed by atoms with Gasteiger partial charge in [0.05, 0.1) is 0 Å². The molecule has 3 nitrogen and oxygen atoms in total. The van der Waals surface area contributed by atoms with Gasteiger partial charge in [-0.1, -0.05) is 32.1 Å². The summed E-state index contributed by atoms with van der Waals surface area (Å²) in [6, 6.07) is 4.56. The van der Waals surface area contributed by atoms with Crippen molar-refractivity contribution in [3.63, 3.8) is 0 Å². The molecule has 0 amide bonds. The first-order chi connectivity index (χ1) is 11.7. The average molecular weight is 333 g/mol. The van der Waals surface area contributed by atoms with Gasteiger partial charge in [0.2, 0.25) is 0 Å². The molecule has 3 rings (SSSR count). The standard InChI is InChI=1S/C18H22FNO2.C2H6/c19-15-7-9-17-14(10-15)6-8-18(22-17)16(21)12-20-11-13-4-2-1-3-5-13;1-2/h2,4-5,7,9-10,16,18,20-21H,1,3,6,8,11-12H2;1-2H3/t16-,18+;/m0./s1. The van der Waals surface area contributed by atoms with Crippen LogP contribution in [0.1, 0.15) is 38.7 Å². The fourth-order valence-electron chi connectivity index (χ4n) is 2.94. The Hall–Kier alpha value is -1.65. The number of aliphatic hydroxyl groups excluding tert-OH is 1. The van der Waals surface area contributed by atoms with Gasteiger partial charge >= 0.3 is 0 Å². The number of allylic oxidation sites excluding steroid dienone is 2. The van der Waals surface area contributed by atoms with Crippen LogP contribution in [0.2, 0.25) is 0 Å². The predicted molar refractivity (Wildman–Crippen MR) is 95.8 cm³/mol. The van der Waals surface area contributed by atoms with Crippen LogP contribution in [-0.4, -0.2) is 30.4 Å². The summed E-state index contributed by atoms with van der Waals surface area (Å²) in [6.07, 6.45) is 9.38. The van der Waals surface area contributed by atoms with E-state index >= 15 is 0 Å². The van der Waals surface area contributed by atoms with Gasteiger partial charge in [0, 0.05) is 13.1 Å². The van der Waals surface area contributed by atoms with Gasteiger partial charge in [-0.2, -0.15) is 0 Å². The Morgan fingerprint density at radius 2 is 2.17 bits per heavy atom. The maximum atomic E-state index is 13.2. The van der Waals surface area contributed by atoms with Crippen molar-refractivity contribution in [2.24, 2.45) is 0 Å². The van der Waals surface area contributed by atoms with E-state index in [4.69, 9.17) is 4.74 Å². The van der Waals surface area contributed by atoms with Gasteiger partial charge in [0.25, 0.3) is 0 Å². The van der Waals surface area contributed by atoms with Crippen molar-refractivity contribution in [2.45, 2.75) is 51.7 Å². The SMILES string of the molecule is CC.O[C@@H](CNCC1=CCCC=C1)[C@H]1CCc2cc(F)ccc2O1. The second-order valence-corrected chi connectivity index (χ2v) is 5.90. The van der Waals surface area contributed by atoms with Crippen LogP contribution in [0.4, 0.5) is 4.39 Å². The molecular weight excluding hydrogens is 305 g/mol. The third kappa shape index (κ3) is 5.18. The summed E-state index contributed by atoms with van der Waals surface area (Å²) < 4.78 is 19.0. The van der Waals surface area contributed by atoms with Crippen LogP contribution < -0.4 is 10.1 Å². The van der Waals surface area contributed by atoms with Gasteiger partial charge in [-0.05, 0) is 55.0 Å². The van der Waals surface area contributed by atoms with E-state index in [0.717, 1.165) is 31.4 Å². The zero-order valence-electron chi connectivity index (χ0n) is 14.6. The molecule has 0 fully saturated rings. The van der Waals surface area contributed by atoms with Crippen molar-refractivity contribution in [2.75, 3.05) is 13.1 Å². The Balaban J connectivity index is 0.00000100. The Kier molecular flexibility index (Phi) is 7.47. The Morgan fingerprint density at radius 1 is 1.33 bits per heavy atom. The largest absolute Gasteiger partial charge is 0.487 e. The summed E-state index contributed by atoms with van der Waals surface area (Å²) in [5.41, 5.74) is 2.15. The number of hydrogen-bond acceptors (Lipinski definition) is 3. The summed E-state index contributed by atoms with van der Waals surface area (Å²) in [4.78, 5) is 0. The summed E-state index contributed by atoms with van der Waals surface area (Å²) >= 11 is 0. The van der Waals surface area contributed by atoms with Gasteiger partial charge in [-0.15, -0.1) is 0 Å². The predicted octanol–water partition coefficient (Wildman–Crippen LogP) is 3.77. The minimum Gasteiger partial charge on any atom is -0.487 e. The van der Waals surface area contributed by atoms with Crippen LogP contribution in [-0.2, 0) is 6.42 Å². The van der Waals surface area contributed by atoms with Crippen LogP contribution in [0.25, 0.3) is 0 Å². The van der Waals surface area contributed by atoms with Crippen LogP contribution in [0.3, 0.4) is 0 Å². The van der Waals surface area contributed by atoms with Gasteiger partial charge in [-0.3, -0.25) is 0 Å². The zero-order valence-corrected chi connectivity index (χ0v) is 14.6. The molecule has 1 heterocycles. The lowest BCUT2D eigenvalue weighted by atomic mass is 9.99. The smallest absolute Gasteiger partial charge is 0.126 e. The molecule has 1 aliphatic heterocycles. The molecule has 1 aliphatic carbocycles. The number of benzene rings is 1. The number of rotatable bonds is 5. The van der Waals surface area contributed by atoms with Crippen molar-refractivity contribution < 1.29 is 14.2 Å². The van der Waals surface area contributed by atoms with E-state index in [-0.39, 0.29) is 11.9 Å². The molecule has 0 unspecified atom stereocenters. The molecule has 0 aromatic heterocycles. The van der Waals surface area contributed by atoms with Gasteiger partial charge in [0.1, 0.15) is 23.8 Å². The number of hydrogen-bond donors (Lipinski definition) is 2. The topological polar surface area (TPSA) is 41.5 Å². The molecule has 2 N–H and O–H groups in total. The molecule has 0 bridgehead atoms. The third-order valence-electron chi connectivity index (χ3n) is 4.18. The number of nitrogens with one attached hydrogen (secondary N) is 1. The Bertz CT molecular complexity index is 583. The van der Waals surface area contributed by atoms with Crippen LogP contribution in [0.15, 0.2) is 42.0 Å². The van der Waals surface area contributed by atoms with Gasteiger partial charge in [-0.25, -0.2) is 4.39 Å². The number of fused-ring (bicyclic) bond motifs is 1. The maximum absolute atomic E-state index is 13.2. The second kappa shape index (κ2) is 9.60. The van der Waals surface area contributed by atoms with Crippen molar-refractivity contribution in [1.82, 2.24) is 5.32 Å². The van der Waals surface area contributed by atoms with E-state index in [9.17, 15) is 9.50 Å². The molecule has 0 radical (unpaired) electrons. The van der Waals surface area contributed by atoms with Crippen LogP contribution in [0, 0.1) is 5.82 Å².